The Balaban J connectivity index is 1.70. The molecule has 0 aromatic heterocycles. The van der Waals surface area contributed by atoms with E-state index in [2.05, 4.69) is 13.8 Å². The van der Waals surface area contributed by atoms with Crippen LogP contribution in [0.15, 0.2) is 11.1 Å². The van der Waals surface area contributed by atoms with Gasteiger partial charge in [0.2, 0.25) is 0 Å². The molecular weight excluding hydrogens is 236 g/mol. The zero-order valence-corrected chi connectivity index (χ0v) is 12.9. The molecule has 2 atom stereocenters. The number of hydrogen-bond acceptors (Lipinski definition) is 2. The third-order valence-corrected chi connectivity index (χ3v) is 5.54. The van der Waals surface area contributed by atoms with E-state index in [-0.39, 0.29) is 5.79 Å². The van der Waals surface area contributed by atoms with E-state index in [1.165, 1.54) is 32.1 Å². The van der Waals surface area contributed by atoms with Gasteiger partial charge in [0.25, 0.3) is 0 Å². The van der Waals surface area contributed by atoms with Gasteiger partial charge in [0, 0.05) is 5.41 Å². The minimum atomic E-state index is -0.374. The van der Waals surface area contributed by atoms with E-state index in [4.69, 9.17) is 9.47 Å². The summed E-state index contributed by atoms with van der Waals surface area (Å²) in [6, 6.07) is 0. The molecular formula is C17H28O2. The largest absolute Gasteiger partial charge is 0.350 e. The summed E-state index contributed by atoms with van der Waals surface area (Å²) in [5.41, 5.74) is 3.77. The number of ether oxygens (including phenoxy) is 2. The van der Waals surface area contributed by atoms with Gasteiger partial charge in [0.15, 0.2) is 5.79 Å². The van der Waals surface area contributed by atoms with Crippen molar-refractivity contribution in [3.8, 4) is 0 Å². The van der Waals surface area contributed by atoms with Crippen molar-refractivity contribution in [3.63, 3.8) is 0 Å². The van der Waals surface area contributed by atoms with Crippen LogP contribution in [0.25, 0.3) is 0 Å². The molecule has 2 aliphatic carbocycles. The van der Waals surface area contributed by atoms with Crippen molar-refractivity contribution in [2.24, 2.45) is 17.3 Å². The molecule has 2 heteroatoms. The van der Waals surface area contributed by atoms with Crippen LogP contribution in [-0.4, -0.2) is 19.0 Å². The summed E-state index contributed by atoms with van der Waals surface area (Å²) < 4.78 is 11.9. The van der Waals surface area contributed by atoms with Crippen LogP contribution >= 0.6 is 0 Å². The van der Waals surface area contributed by atoms with Gasteiger partial charge in [0.05, 0.1) is 13.2 Å². The Bertz CT molecular complexity index is 384. The molecule has 0 aromatic rings. The fourth-order valence-electron chi connectivity index (χ4n) is 4.45. The molecule has 0 bridgehead atoms. The Kier molecular flexibility index (Phi) is 3.30. The molecule has 1 saturated heterocycles. The molecule has 0 radical (unpaired) electrons. The first-order valence-corrected chi connectivity index (χ1v) is 7.91. The Morgan fingerprint density at radius 2 is 1.84 bits per heavy atom. The Morgan fingerprint density at radius 3 is 2.42 bits per heavy atom. The zero-order chi connectivity index (χ0) is 13.7. The summed E-state index contributed by atoms with van der Waals surface area (Å²) in [4.78, 5) is 0. The lowest BCUT2D eigenvalue weighted by molar-refractivity contribution is -0.285. The van der Waals surface area contributed by atoms with E-state index >= 15 is 0 Å². The number of allylic oxidation sites excluding steroid dienone is 2. The van der Waals surface area contributed by atoms with E-state index in [1.54, 1.807) is 11.1 Å². The predicted octanol–water partition coefficient (Wildman–Crippen LogP) is 4.30. The standard InChI is InChI=1S/C17H28O2/c1-5-6-13-7-14-8-17(9-15(14)12(13)2)10-18-16(3,4)19-11-17/h14-15H,5-11H2,1-4H3. The molecule has 1 aliphatic heterocycles. The van der Waals surface area contributed by atoms with Crippen molar-refractivity contribution >= 4 is 0 Å². The average molecular weight is 264 g/mol. The van der Waals surface area contributed by atoms with Crippen LogP contribution in [0.3, 0.4) is 0 Å². The first kappa shape index (κ1) is 13.6. The maximum atomic E-state index is 5.94. The summed E-state index contributed by atoms with van der Waals surface area (Å²) >= 11 is 0. The quantitative estimate of drug-likeness (QED) is 0.692. The molecule has 2 unspecified atom stereocenters. The molecule has 0 N–H and O–H groups in total. The minimum absolute atomic E-state index is 0.309. The third kappa shape index (κ3) is 2.38. The van der Waals surface area contributed by atoms with Crippen LogP contribution in [0.5, 0.6) is 0 Å². The molecule has 1 spiro atoms. The second kappa shape index (κ2) is 4.60. The number of fused-ring (bicyclic) bond motifs is 1. The lowest BCUT2D eigenvalue weighted by Crippen LogP contribution is -2.45. The molecule has 1 heterocycles. The van der Waals surface area contributed by atoms with Gasteiger partial charge in [0.1, 0.15) is 0 Å². The van der Waals surface area contributed by atoms with E-state index in [0.29, 0.717) is 5.41 Å². The molecule has 108 valence electrons. The molecule has 2 fully saturated rings. The third-order valence-electron chi connectivity index (χ3n) is 5.54. The molecule has 19 heavy (non-hydrogen) atoms. The van der Waals surface area contributed by atoms with E-state index in [1.807, 2.05) is 13.8 Å². The van der Waals surface area contributed by atoms with Crippen molar-refractivity contribution in [1.29, 1.82) is 0 Å². The highest BCUT2D eigenvalue weighted by Crippen LogP contribution is 2.57. The van der Waals surface area contributed by atoms with Crippen LogP contribution in [-0.2, 0) is 9.47 Å². The first-order valence-electron chi connectivity index (χ1n) is 7.91. The van der Waals surface area contributed by atoms with Crippen molar-refractivity contribution in [3.05, 3.63) is 11.1 Å². The van der Waals surface area contributed by atoms with Crippen molar-refractivity contribution in [1.82, 2.24) is 0 Å². The highest BCUT2D eigenvalue weighted by atomic mass is 16.7. The highest BCUT2D eigenvalue weighted by Gasteiger charge is 2.51. The second-order valence-corrected chi connectivity index (χ2v) is 7.49. The Hall–Kier alpha value is -0.340. The van der Waals surface area contributed by atoms with Gasteiger partial charge < -0.3 is 9.47 Å². The topological polar surface area (TPSA) is 18.5 Å². The molecule has 1 saturated carbocycles. The van der Waals surface area contributed by atoms with E-state index < -0.39 is 0 Å². The normalized spacial score (nSPS) is 36.0. The predicted molar refractivity (Wildman–Crippen MR) is 76.9 cm³/mol. The van der Waals surface area contributed by atoms with Gasteiger partial charge in [-0.3, -0.25) is 0 Å². The molecule has 3 aliphatic rings. The minimum Gasteiger partial charge on any atom is -0.350 e. The van der Waals surface area contributed by atoms with Crippen LogP contribution in [0, 0.1) is 17.3 Å². The fourth-order valence-corrected chi connectivity index (χ4v) is 4.45. The smallest absolute Gasteiger partial charge is 0.162 e. The van der Waals surface area contributed by atoms with Crippen LogP contribution in [0.4, 0.5) is 0 Å². The molecule has 0 aromatic carbocycles. The van der Waals surface area contributed by atoms with Crippen LogP contribution in [0.2, 0.25) is 0 Å². The zero-order valence-electron chi connectivity index (χ0n) is 12.9. The fraction of sp³-hybridized carbons (Fsp3) is 0.882. The van der Waals surface area contributed by atoms with Gasteiger partial charge in [-0.1, -0.05) is 24.5 Å². The van der Waals surface area contributed by atoms with Crippen LogP contribution in [0.1, 0.15) is 59.8 Å². The molecule has 3 rings (SSSR count). The van der Waals surface area contributed by atoms with Gasteiger partial charge in [-0.15, -0.1) is 0 Å². The van der Waals surface area contributed by atoms with Gasteiger partial charge in [-0.25, -0.2) is 0 Å². The monoisotopic (exact) mass is 264 g/mol. The average Bonchev–Trinajstić information content (AvgIpc) is 2.83. The number of rotatable bonds is 2. The van der Waals surface area contributed by atoms with Crippen molar-refractivity contribution in [2.45, 2.75) is 65.6 Å². The summed E-state index contributed by atoms with van der Waals surface area (Å²) in [5.74, 6) is 1.31. The van der Waals surface area contributed by atoms with Gasteiger partial charge in [-0.2, -0.15) is 0 Å². The SMILES string of the molecule is CCCC1=C(C)C2CC3(COC(C)(C)OC3)CC2C1. The van der Waals surface area contributed by atoms with Crippen molar-refractivity contribution < 1.29 is 9.47 Å². The van der Waals surface area contributed by atoms with Gasteiger partial charge >= 0.3 is 0 Å². The molecule has 2 nitrogen and oxygen atoms in total. The maximum Gasteiger partial charge on any atom is 0.162 e. The van der Waals surface area contributed by atoms with E-state index in [0.717, 1.165) is 25.0 Å². The summed E-state index contributed by atoms with van der Waals surface area (Å²) in [6.07, 6.45) is 6.53. The van der Waals surface area contributed by atoms with Gasteiger partial charge in [-0.05, 0) is 58.3 Å². The Morgan fingerprint density at radius 1 is 1.16 bits per heavy atom. The summed E-state index contributed by atoms with van der Waals surface area (Å²) in [6.45, 7) is 10.5. The lowest BCUT2D eigenvalue weighted by atomic mass is 9.83. The lowest BCUT2D eigenvalue weighted by Gasteiger charge is -2.42. The second-order valence-electron chi connectivity index (χ2n) is 7.49. The highest BCUT2D eigenvalue weighted by molar-refractivity contribution is 5.26. The molecule has 0 amide bonds. The van der Waals surface area contributed by atoms with Crippen LogP contribution < -0.4 is 0 Å². The maximum absolute atomic E-state index is 5.94. The van der Waals surface area contributed by atoms with E-state index in [9.17, 15) is 0 Å². The summed E-state index contributed by atoms with van der Waals surface area (Å²) in [7, 11) is 0. The number of hydrogen-bond donors (Lipinski definition) is 0. The first-order chi connectivity index (χ1) is 8.95. The summed E-state index contributed by atoms with van der Waals surface area (Å²) in [5, 5.41) is 0. The van der Waals surface area contributed by atoms with Crippen molar-refractivity contribution in [2.75, 3.05) is 13.2 Å². The Labute approximate surface area is 117 Å².